The average molecular weight is 385 g/mol. The zero-order valence-corrected chi connectivity index (χ0v) is 14.4. The molecule has 0 amide bonds. The molecule has 0 aromatic carbocycles. The first-order chi connectivity index (χ1) is 12.7. The minimum absolute atomic E-state index is 0.0603. The molecule has 148 valence electrons. The Morgan fingerprint density at radius 2 is 2.04 bits per heavy atom. The molecule has 1 fully saturated rings. The summed E-state index contributed by atoms with van der Waals surface area (Å²) < 4.78 is 11.1. The Balaban J connectivity index is 2.22. The summed E-state index contributed by atoms with van der Waals surface area (Å²) in [4.78, 5) is 38.6. The summed E-state index contributed by atoms with van der Waals surface area (Å²) in [5.74, 6) is -2.47. The predicted octanol–water partition coefficient (Wildman–Crippen LogP) is -1.02. The summed E-state index contributed by atoms with van der Waals surface area (Å²) in [6.07, 6.45) is -5.17. The summed E-state index contributed by atoms with van der Waals surface area (Å²) >= 11 is 0. The molecule has 0 radical (unpaired) electrons. The summed E-state index contributed by atoms with van der Waals surface area (Å²) in [5, 5.41) is 37.9. The van der Waals surface area contributed by atoms with Gasteiger partial charge >= 0.3 is 17.6 Å². The highest BCUT2D eigenvalue weighted by Crippen LogP contribution is 2.30. The smallest absolute Gasteiger partial charge is 0.351 e. The van der Waals surface area contributed by atoms with Gasteiger partial charge in [-0.25, -0.2) is 14.4 Å². The first kappa shape index (κ1) is 20.5. The standard InChI is InChI=1S/C15H19N3O9/c1-3-7(6(2)12(21)22)13(23)27-14-10(20)9(19)11(26-14)18-5-4-8(17-25)16-15(18)24/h4-5,9-11,14,19-20,25H,3H2,1-2H3,(H,21,22)(H,16,17,24)/b7-6+/t9-,10+,11-,14-/m1/s1. The molecule has 27 heavy (non-hydrogen) atoms. The van der Waals surface area contributed by atoms with Gasteiger partial charge in [0.2, 0.25) is 6.29 Å². The normalized spacial score (nSPS) is 25.7. The number of aliphatic carboxylic acids is 1. The fourth-order valence-corrected chi connectivity index (χ4v) is 2.49. The van der Waals surface area contributed by atoms with Gasteiger partial charge in [-0.3, -0.25) is 15.3 Å². The lowest BCUT2D eigenvalue weighted by Gasteiger charge is -2.17. The second-order valence-electron chi connectivity index (χ2n) is 5.66. The van der Waals surface area contributed by atoms with Gasteiger partial charge in [0, 0.05) is 17.3 Å². The third-order valence-electron chi connectivity index (χ3n) is 4.01. The van der Waals surface area contributed by atoms with Crippen LogP contribution >= 0.6 is 0 Å². The number of esters is 1. The highest BCUT2D eigenvalue weighted by atomic mass is 16.7. The van der Waals surface area contributed by atoms with Crippen molar-refractivity contribution in [2.24, 2.45) is 0 Å². The van der Waals surface area contributed by atoms with E-state index in [0.717, 1.165) is 10.8 Å². The Bertz CT molecular complexity index is 819. The molecular formula is C15H19N3O9. The Labute approximate surface area is 152 Å². The van der Waals surface area contributed by atoms with Crippen molar-refractivity contribution >= 4 is 17.8 Å². The molecule has 0 saturated carbocycles. The number of carbonyl (C=O) groups excluding carboxylic acids is 1. The average Bonchev–Trinajstić information content (AvgIpc) is 2.90. The maximum absolute atomic E-state index is 12.2. The molecule has 5 N–H and O–H groups in total. The van der Waals surface area contributed by atoms with E-state index in [1.54, 1.807) is 12.4 Å². The number of nitrogens with one attached hydrogen (secondary N) is 1. The Hall–Kier alpha value is -2.80. The van der Waals surface area contributed by atoms with Gasteiger partial charge in [0.25, 0.3) is 0 Å². The molecule has 2 heterocycles. The van der Waals surface area contributed by atoms with Crippen molar-refractivity contribution in [2.45, 2.75) is 45.0 Å². The number of anilines is 1. The van der Waals surface area contributed by atoms with Gasteiger partial charge < -0.3 is 24.8 Å². The van der Waals surface area contributed by atoms with Crippen molar-refractivity contribution in [1.29, 1.82) is 0 Å². The van der Waals surface area contributed by atoms with Gasteiger partial charge in [-0.1, -0.05) is 6.92 Å². The fourth-order valence-electron chi connectivity index (χ4n) is 2.49. The van der Waals surface area contributed by atoms with Gasteiger partial charge in [-0.15, -0.1) is 0 Å². The topological polar surface area (TPSA) is 180 Å². The minimum atomic E-state index is -1.69. The number of nitrogens with zero attached hydrogens (tertiary/aromatic N) is 2. The number of aliphatic hydroxyl groups is 2. The van der Waals surface area contributed by atoms with Crippen molar-refractivity contribution in [1.82, 2.24) is 9.55 Å². The number of rotatable bonds is 6. The first-order valence-corrected chi connectivity index (χ1v) is 7.86. The molecule has 1 aromatic heterocycles. The van der Waals surface area contributed by atoms with Crippen LogP contribution < -0.4 is 11.2 Å². The number of carboxylic acid groups (broad SMARTS) is 1. The van der Waals surface area contributed by atoms with E-state index in [9.17, 15) is 24.6 Å². The highest BCUT2D eigenvalue weighted by Gasteiger charge is 2.46. The van der Waals surface area contributed by atoms with Crippen LogP contribution in [0.2, 0.25) is 0 Å². The Morgan fingerprint density at radius 3 is 2.56 bits per heavy atom. The largest absolute Gasteiger partial charge is 0.478 e. The van der Waals surface area contributed by atoms with E-state index in [1.165, 1.54) is 13.0 Å². The zero-order valence-electron chi connectivity index (χ0n) is 14.4. The number of aromatic nitrogens is 2. The molecule has 0 unspecified atom stereocenters. The van der Waals surface area contributed by atoms with Gasteiger partial charge in [-0.2, -0.15) is 4.98 Å². The molecule has 4 atom stereocenters. The number of carbonyl (C=O) groups is 2. The van der Waals surface area contributed by atoms with Crippen LogP contribution in [0, 0.1) is 0 Å². The first-order valence-electron chi connectivity index (χ1n) is 7.86. The van der Waals surface area contributed by atoms with Crippen LogP contribution in [0.5, 0.6) is 0 Å². The lowest BCUT2D eigenvalue weighted by Crippen LogP contribution is -2.36. The van der Waals surface area contributed by atoms with Crippen molar-refractivity contribution in [3.05, 3.63) is 33.9 Å². The summed E-state index contributed by atoms with van der Waals surface area (Å²) in [7, 11) is 0. The minimum Gasteiger partial charge on any atom is -0.478 e. The van der Waals surface area contributed by atoms with Gasteiger partial charge in [0.05, 0.1) is 0 Å². The Morgan fingerprint density at radius 1 is 1.37 bits per heavy atom. The predicted molar refractivity (Wildman–Crippen MR) is 86.5 cm³/mol. The molecule has 0 bridgehead atoms. The molecule has 1 aromatic rings. The molecule has 1 aliphatic heterocycles. The van der Waals surface area contributed by atoms with E-state index in [1.807, 2.05) is 0 Å². The zero-order chi connectivity index (χ0) is 20.3. The molecule has 0 aliphatic carbocycles. The fraction of sp³-hybridized carbons (Fsp3) is 0.467. The number of hydrogen-bond donors (Lipinski definition) is 5. The molecule has 1 aliphatic rings. The van der Waals surface area contributed by atoms with E-state index in [0.29, 0.717) is 0 Å². The van der Waals surface area contributed by atoms with Crippen LogP contribution in [-0.4, -0.2) is 60.5 Å². The number of carboxylic acids is 1. The molecule has 2 rings (SSSR count). The van der Waals surface area contributed by atoms with E-state index >= 15 is 0 Å². The maximum atomic E-state index is 12.2. The molecular weight excluding hydrogens is 366 g/mol. The second-order valence-corrected chi connectivity index (χ2v) is 5.66. The van der Waals surface area contributed by atoms with Crippen molar-refractivity contribution in [2.75, 3.05) is 5.48 Å². The number of ether oxygens (including phenoxy) is 2. The molecule has 12 nitrogen and oxygen atoms in total. The SMILES string of the molecule is CC/C(C(=O)O[C@H]1O[C@@H](n2ccc(NO)nc2=O)[C@H](O)[C@@H]1O)=C(/C)C(=O)O. The van der Waals surface area contributed by atoms with Crippen LogP contribution in [0.4, 0.5) is 5.82 Å². The second kappa shape index (κ2) is 8.26. The van der Waals surface area contributed by atoms with Gasteiger partial charge in [0.1, 0.15) is 12.2 Å². The lowest BCUT2D eigenvalue weighted by molar-refractivity contribution is -0.189. The molecule has 0 spiro atoms. The highest BCUT2D eigenvalue weighted by molar-refractivity contribution is 5.99. The quantitative estimate of drug-likeness (QED) is 0.229. The maximum Gasteiger partial charge on any atom is 0.351 e. The van der Waals surface area contributed by atoms with Gasteiger partial charge in [-0.05, 0) is 19.4 Å². The third kappa shape index (κ3) is 4.14. The van der Waals surface area contributed by atoms with Crippen LogP contribution in [0.25, 0.3) is 0 Å². The molecule has 1 saturated heterocycles. The summed E-state index contributed by atoms with van der Waals surface area (Å²) in [6, 6.07) is 1.21. The van der Waals surface area contributed by atoms with Crippen LogP contribution in [0.15, 0.2) is 28.2 Å². The van der Waals surface area contributed by atoms with Crippen molar-refractivity contribution in [3.8, 4) is 0 Å². The summed E-state index contributed by atoms with van der Waals surface area (Å²) in [5.41, 5.74) is 0.417. The van der Waals surface area contributed by atoms with E-state index in [4.69, 9.17) is 19.8 Å². The lowest BCUT2D eigenvalue weighted by atomic mass is 10.1. The van der Waals surface area contributed by atoms with Crippen LogP contribution in [0.3, 0.4) is 0 Å². The number of aliphatic hydroxyl groups excluding tert-OH is 2. The van der Waals surface area contributed by atoms with Crippen LogP contribution in [0.1, 0.15) is 26.5 Å². The number of hydrogen-bond acceptors (Lipinski definition) is 10. The monoisotopic (exact) mass is 385 g/mol. The molecule has 12 heteroatoms. The van der Waals surface area contributed by atoms with E-state index in [2.05, 4.69) is 4.98 Å². The van der Waals surface area contributed by atoms with Gasteiger partial charge in [0.15, 0.2) is 12.0 Å². The third-order valence-corrected chi connectivity index (χ3v) is 4.01. The van der Waals surface area contributed by atoms with E-state index < -0.39 is 42.4 Å². The Kier molecular flexibility index (Phi) is 6.28. The van der Waals surface area contributed by atoms with E-state index in [-0.39, 0.29) is 23.4 Å². The summed E-state index contributed by atoms with van der Waals surface area (Å²) in [6.45, 7) is 2.78. The van der Waals surface area contributed by atoms with Crippen molar-refractivity contribution < 1.29 is 39.6 Å². The van der Waals surface area contributed by atoms with Crippen LogP contribution in [-0.2, 0) is 19.1 Å². The van der Waals surface area contributed by atoms with Crippen molar-refractivity contribution in [3.63, 3.8) is 0 Å².